The first kappa shape index (κ1) is 10.5. The van der Waals surface area contributed by atoms with Crippen molar-refractivity contribution in [2.75, 3.05) is 24.5 Å². The SMILES string of the molecule is Cc1ccc(N2CCCNC(C)C2)cc1. The van der Waals surface area contributed by atoms with Crippen molar-refractivity contribution in [3.05, 3.63) is 29.8 Å². The largest absolute Gasteiger partial charge is 0.370 e. The van der Waals surface area contributed by atoms with Crippen molar-refractivity contribution in [2.45, 2.75) is 26.3 Å². The van der Waals surface area contributed by atoms with Gasteiger partial charge < -0.3 is 10.2 Å². The van der Waals surface area contributed by atoms with E-state index in [0.29, 0.717) is 6.04 Å². The van der Waals surface area contributed by atoms with Gasteiger partial charge in [0.05, 0.1) is 0 Å². The van der Waals surface area contributed by atoms with Gasteiger partial charge in [-0.3, -0.25) is 0 Å². The summed E-state index contributed by atoms with van der Waals surface area (Å²) in [6.45, 7) is 7.82. The molecule has 2 heteroatoms. The Hall–Kier alpha value is -1.02. The lowest BCUT2D eigenvalue weighted by Gasteiger charge is -2.24. The normalized spacial score (nSPS) is 22.5. The van der Waals surface area contributed by atoms with Gasteiger partial charge in [0.25, 0.3) is 0 Å². The Kier molecular flexibility index (Phi) is 3.27. The van der Waals surface area contributed by atoms with Gasteiger partial charge in [0.1, 0.15) is 0 Å². The number of nitrogens with zero attached hydrogens (tertiary/aromatic N) is 1. The number of benzene rings is 1. The summed E-state index contributed by atoms with van der Waals surface area (Å²) in [5.74, 6) is 0. The maximum Gasteiger partial charge on any atom is 0.0366 e. The standard InChI is InChI=1S/C13H20N2/c1-11-4-6-13(7-5-11)15-9-3-8-14-12(2)10-15/h4-7,12,14H,3,8-10H2,1-2H3. The highest BCUT2D eigenvalue weighted by Gasteiger charge is 2.13. The van der Waals surface area contributed by atoms with Crippen LogP contribution in [0, 0.1) is 6.92 Å². The second-order valence-corrected chi connectivity index (χ2v) is 4.49. The second-order valence-electron chi connectivity index (χ2n) is 4.49. The van der Waals surface area contributed by atoms with E-state index in [2.05, 4.69) is 48.3 Å². The highest BCUT2D eigenvalue weighted by molar-refractivity contribution is 5.47. The summed E-state index contributed by atoms with van der Waals surface area (Å²) in [5.41, 5.74) is 2.69. The van der Waals surface area contributed by atoms with Crippen molar-refractivity contribution in [3.63, 3.8) is 0 Å². The molecular weight excluding hydrogens is 184 g/mol. The molecule has 0 aromatic heterocycles. The molecule has 0 amide bonds. The summed E-state index contributed by atoms with van der Waals surface area (Å²) in [4.78, 5) is 2.48. The molecule has 1 aromatic carbocycles. The van der Waals surface area contributed by atoms with Gasteiger partial charge in [-0.15, -0.1) is 0 Å². The zero-order chi connectivity index (χ0) is 10.7. The van der Waals surface area contributed by atoms with E-state index in [1.165, 1.54) is 24.2 Å². The van der Waals surface area contributed by atoms with Crippen molar-refractivity contribution in [1.82, 2.24) is 5.32 Å². The average molecular weight is 204 g/mol. The summed E-state index contributed by atoms with van der Waals surface area (Å²) < 4.78 is 0. The monoisotopic (exact) mass is 204 g/mol. The topological polar surface area (TPSA) is 15.3 Å². The van der Waals surface area contributed by atoms with Gasteiger partial charge in [0.2, 0.25) is 0 Å². The van der Waals surface area contributed by atoms with E-state index in [-0.39, 0.29) is 0 Å². The van der Waals surface area contributed by atoms with E-state index in [0.717, 1.165) is 13.1 Å². The minimum absolute atomic E-state index is 0.591. The van der Waals surface area contributed by atoms with E-state index >= 15 is 0 Å². The van der Waals surface area contributed by atoms with E-state index in [4.69, 9.17) is 0 Å². The van der Waals surface area contributed by atoms with Crippen LogP contribution in [-0.2, 0) is 0 Å². The van der Waals surface area contributed by atoms with Crippen LogP contribution in [0.3, 0.4) is 0 Å². The fourth-order valence-corrected chi connectivity index (χ4v) is 2.09. The molecule has 1 aromatic rings. The molecule has 0 aliphatic carbocycles. The summed E-state index contributed by atoms with van der Waals surface area (Å²) in [5, 5.41) is 3.51. The molecule has 2 nitrogen and oxygen atoms in total. The zero-order valence-corrected chi connectivity index (χ0v) is 9.66. The maximum absolute atomic E-state index is 3.51. The molecule has 1 heterocycles. The average Bonchev–Trinajstić information content (AvgIpc) is 2.44. The predicted molar refractivity (Wildman–Crippen MR) is 65.5 cm³/mol. The molecule has 1 unspecified atom stereocenters. The number of hydrogen-bond donors (Lipinski definition) is 1. The summed E-state index contributed by atoms with van der Waals surface area (Å²) in [6, 6.07) is 9.44. The van der Waals surface area contributed by atoms with Crippen LogP contribution >= 0.6 is 0 Å². The molecule has 1 saturated heterocycles. The lowest BCUT2D eigenvalue weighted by atomic mass is 10.2. The third kappa shape index (κ3) is 2.72. The van der Waals surface area contributed by atoms with Crippen molar-refractivity contribution < 1.29 is 0 Å². The summed E-state index contributed by atoms with van der Waals surface area (Å²) in [7, 11) is 0. The smallest absolute Gasteiger partial charge is 0.0366 e. The first-order valence-electron chi connectivity index (χ1n) is 5.81. The van der Waals surface area contributed by atoms with E-state index in [1.807, 2.05) is 0 Å². The number of anilines is 1. The van der Waals surface area contributed by atoms with Crippen molar-refractivity contribution in [2.24, 2.45) is 0 Å². The Balaban J connectivity index is 2.11. The van der Waals surface area contributed by atoms with Crippen molar-refractivity contribution in [3.8, 4) is 0 Å². The number of aryl methyl sites for hydroxylation is 1. The zero-order valence-electron chi connectivity index (χ0n) is 9.66. The van der Waals surface area contributed by atoms with Gasteiger partial charge in [-0.05, 0) is 38.9 Å². The van der Waals surface area contributed by atoms with Crippen molar-refractivity contribution in [1.29, 1.82) is 0 Å². The minimum Gasteiger partial charge on any atom is -0.370 e. The molecule has 15 heavy (non-hydrogen) atoms. The highest BCUT2D eigenvalue weighted by Crippen LogP contribution is 2.16. The first-order valence-corrected chi connectivity index (χ1v) is 5.81. The fraction of sp³-hybridized carbons (Fsp3) is 0.538. The number of nitrogens with one attached hydrogen (secondary N) is 1. The molecular formula is C13H20N2. The minimum atomic E-state index is 0.591. The van der Waals surface area contributed by atoms with E-state index < -0.39 is 0 Å². The Morgan fingerprint density at radius 1 is 1.27 bits per heavy atom. The summed E-state index contributed by atoms with van der Waals surface area (Å²) in [6.07, 6.45) is 1.23. The first-order chi connectivity index (χ1) is 7.25. The Labute approximate surface area is 92.3 Å². The lowest BCUT2D eigenvalue weighted by Crippen LogP contribution is -2.35. The van der Waals surface area contributed by atoms with Crippen LogP contribution in [0.2, 0.25) is 0 Å². The van der Waals surface area contributed by atoms with Crippen LogP contribution in [0.1, 0.15) is 18.9 Å². The third-order valence-corrected chi connectivity index (χ3v) is 2.99. The van der Waals surface area contributed by atoms with Crippen LogP contribution in [-0.4, -0.2) is 25.7 Å². The quantitative estimate of drug-likeness (QED) is 0.754. The van der Waals surface area contributed by atoms with Gasteiger partial charge in [0, 0.05) is 24.8 Å². The number of rotatable bonds is 1. The fourth-order valence-electron chi connectivity index (χ4n) is 2.09. The van der Waals surface area contributed by atoms with Crippen LogP contribution in [0.15, 0.2) is 24.3 Å². The molecule has 0 radical (unpaired) electrons. The molecule has 82 valence electrons. The molecule has 2 rings (SSSR count). The van der Waals surface area contributed by atoms with Gasteiger partial charge >= 0.3 is 0 Å². The van der Waals surface area contributed by atoms with Crippen LogP contribution in [0.4, 0.5) is 5.69 Å². The van der Waals surface area contributed by atoms with Crippen molar-refractivity contribution >= 4 is 5.69 Å². The number of hydrogen-bond acceptors (Lipinski definition) is 2. The highest BCUT2D eigenvalue weighted by atomic mass is 15.2. The second kappa shape index (κ2) is 4.67. The van der Waals surface area contributed by atoms with E-state index in [1.54, 1.807) is 0 Å². The molecule has 1 aliphatic rings. The molecule has 0 saturated carbocycles. The Morgan fingerprint density at radius 2 is 2.00 bits per heavy atom. The predicted octanol–water partition coefficient (Wildman–Crippen LogP) is 2.18. The van der Waals surface area contributed by atoms with Gasteiger partial charge in [-0.2, -0.15) is 0 Å². The van der Waals surface area contributed by atoms with Gasteiger partial charge in [-0.25, -0.2) is 0 Å². The van der Waals surface area contributed by atoms with E-state index in [9.17, 15) is 0 Å². The molecule has 1 atom stereocenters. The molecule has 0 bridgehead atoms. The third-order valence-electron chi connectivity index (χ3n) is 2.99. The van der Waals surface area contributed by atoms with Gasteiger partial charge in [0.15, 0.2) is 0 Å². The molecule has 1 fully saturated rings. The molecule has 1 N–H and O–H groups in total. The lowest BCUT2D eigenvalue weighted by molar-refractivity contribution is 0.585. The summed E-state index contributed by atoms with van der Waals surface area (Å²) >= 11 is 0. The van der Waals surface area contributed by atoms with Crippen LogP contribution in [0.25, 0.3) is 0 Å². The Bertz CT molecular complexity index is 305. The van der Waals surface area contributed by atoms with Crippen LogP contribution in [0.5, 0.6) is 0 Å². The van der Waals surface area contributed by atoms with Gasteiger partial charge in [-0.1, -0.05) is 17.7 Å². The molecule has 1 aliphatic heterocycles. The Morgan fingerprint density at radius 3 is 2.73 bits per heavy atom. The maximum atomic E-state index is 3.51. The van der Waals surface area contributed by atoms with Crippen LogP contribution < -0.4 is 10.2 Å². The molecule has 0 spiro atoms.